The average Bonchev–Trinajstić information content (AvgIpc) is 3.30. The number of amides is 1. The number of hydrogen-bond donors (Lipinski definition) is 2. The third-order valence-corrected chi connectivity index (χ3v) is 6.32. The lowest BCUT2D eigenvalue weighted by Gasteiger charge is -2.24. The van der Waals surface area contributed by atoms with Gasteiger partial charge in [0.1, 0.15) is 0 Å². The highest BCUT2D eigenvalue weighted by molar-refractivity contribution is 5.95. The monoisotopic (exact) mass is 413 g/mol. The molecule has 0 aromatic heterocycles. The molecule has 2 N–H and O–H groups in total. The molecular formula is C21H33Cl2N3O. The van der Waals surface area contributed by atoms with Crippen LogP contribution in [0.1, 0.15) is 50.5 Å². The molecule has 6 heteroatoms. The smallest absolute Gasteiger partial charge is 0.241 e. The van der Waals surface area contributed by atoms with Gasteiger partial charge in [0.05, 0.1) is 6.04 Å². The summed E-state index contributed by atoms with van der Waals surface area (Å²) in [6.07, 6.45) is 9.96. The Morgan fingerprint density at radius 1 is 1.04 bits per heavy atom. The molecule has 1 amide bonds. The first-order valence-corrected chi connectivity index (χ1v) is 10.2. The van der Waals surface area contributed by atoms with E-state index in [0.29, 0.717) is 12.0 Å². The van der Waals surface area contributed by atoms with Gasteiger partial charge < -0.3 is 15.5 Å². The van der Waals surface area contributed by atoms with Gasteiger partial charge in [-0.25, -0.2) is 0 Å². The minimum absolute atomic E-state index is 0. The van der Waals surface area contributed by atoms with Crippen LogP contribution in [0.15, 0.2) is 24.3 Å². The highest BCUT2D eigenvalue weighted by Gasteiger charge is 2.38. The van der Waals surface area contributed by atoms with Crippen molar-refractivity contribution in [2.45, 2.75) is 63.5 Å². The number of rotatable bonds is 5. The molecule has 4 rings (SSSR count). The van der Waals surface area contributed by atoms with Crippen LogP contribution < -0.4 is 10.6 Å². The summed E-state index contributed by atoms with van der Waals surface area (Å²) in [5, 5.41) is 6.66. The van der Waals surface area contributed by atoms with Crippen LogP contribution in [0.4, 0.5) is 5.69 Å². The van der Waals surface area contributed by atoms with E-state index in [1.165, 1.54) is 57.2 Å². The summed E-state index contributed by atoms with van der Waals surface area (Å²) in [5.41, 5.74) is 2.28. The van der Waals surface area contributed by atoms with Crippen LogP contribution in [0, 0.1) is 5.92 Å². The third kappa shape index (κ3) is 5.83. The number of halogens is 2. The molecule has 1 saturated carbocycles. The number of nitrogens with zero attached hydrogens (tertiary/aromatic N) is 1. The molecule has 2 heterocycles. The molecule has 3 aliphatic rings. The SMILES string of the molecule is Cl.Cl.O=C(Nc1ccc(CCN2CCCC2)cc1)C1CC2CCCCC2N1. The molecule has 27 heavy (non-hydrogen) atoms. The number of anilines is 1. The fourth-order valence-corrected chi connectivity index (χ4v) is 4.80. The van der Waals surface area contributed by atoms with Crippen LogP contribution in [-0.4, -0.2) is 42.5 Å². The summed E-state index contributed by atoms with van der Waals surface area (Å²) in [6.45, 7) is 3.66. The van der Waals surface area contributed by atoms with Crippen molar-refractivity contribution in [2.24, 2.45) is 5.92 Å². The predicted octanol–water partition coefficient (Wildman–Crippen LogP) is 4.03. The molecule has 3 atom stereocenters. The fraction of sp³-hybridized carbons (Fsp3) is 0.667. The van der Waals surface area contributed by atoms with Crippen LogP contribution >= 0.6 is 24.8 Å². The first kappa shape index (κ1) is 22.5. The van der Waals surface area contributed by atoms with E-state index >= 15 is 0 Å². The van der Waals surface area contributed by atoms with Crippen molar-refractivity contribution in [3.8, 4) is 0 Å². The zero-order chi connectivity index (χ0) is 17.1. The number of carbonyl (C=O) groups is 1. The number of likely N-dealkylation sites (tertiary alicyclic amines) is 1. The summed E-state index contributed by atoms with van der Waals surface area (Å²) in [4.78, 5) is 15.1. The van der Waals surface area contributed by atoms with Crippen molar-refractivity contribution in [1.29, 1.82) is 0 Å². The Hall–Kier alpha value is -0.810. The number of benzene rings is 1. The van der Waals surface area contributed by atoms with E-state index in [-0.39, 0.29) is 36.8 Å². The molecule has 0 spiro atoms. The number of hydrogen-bond acceptors (Lipinski definition) is 3. The summed E-state index contributed by atoms with van der Waals surface area (Å²) in [7, 11) is 0. The molecule has 3 fully saturated rings. The van der Waals surface area contributed by atoms with Crippen LogP contribution in [0.5, 0.6) is 0 Å². The third-order valence-electron chi connectivity index (χ3n) is 6.32. The van der Waals surface area contributed by atoms with Crippen molar-refractivity contribution in [2.75, 3.05) is 25.0 Å². The summed E-state index contributed by atoms with van der Waals surface area (Å²) in [6, 6.07) is 8.99. The second-order valence-electron chi connectivity index (χ2n) is 8.09. The van der Waals surface area contributed by atoms with Crippen LogP contribution in [0.3, 0.4) is 0 Å². The Morgan fingerprint density at radius 2 is 1.74 bits per heavy atom. The van der Waals surface area contributed by atoms with Gasteiger partial charge in [-0.05, 0) is 75.2 Å². The minimum atomic E-state index is -0.0112. The van der Waals surface area contributed by atoms with Gasteiger partial charge in [0.15, 0.2) is 0 Å². The van der Waals surface area contributed by atoms with E-state index in [4.69, 9.17) is 0 Å². The normalized spacial score (nSPS) is 27.3. The maximum atomic E-state index is 12.6. The zero-order valence-corrected chi connectivity index (χ0v) is 17.6. The molecular weight excluding hydrogens is 381 g/mol. The number of nitrogens with one attached hydrogen (secondary N) is 2. The standard InChI is InChI=1S/C21H31N3O.2ClH/c25-21(20-15-17-5-1-2-6-19(17)23-20)22-18-9-7-16(8-10-18)11-14-24-12-3-4-13-24;;/h7-10,17,19-20,23H,1-6,11-15H2,(H,22,25);2*1H. The van der Waals surface area contributed by atoms with Gasteiger partial charge in [-0.15, -0.1) is 24.8 Å². The van der Waals surface area contributed by atoms with Gasteiger partial charge in [-0.3, -0.25) is 4.79 Å². The van der Waals surface area contributed by atoms with Crippen molar-refractivity contribution < 1.29 is 4.79 Å². The highest BCUT2D eigenvalue weighted by Crippen LogP contribution is 2.33. The predicted molar refractivity (Wildman–Crippen MR) is 116 cm³/mol. The maximum absolute atomic E-state index is 12.6. The Kier molecular flexibility index (Phi) is 8.87. The largest absolute Gasteiger partial charge is 0.325 e. The van der Waals surface area contributed by atoms with E-state index in [1.54, 1.807) is 0 Å². The Labute approximate surface area is 175 Å². The van der Waals surface area contributed by atoms with Gasteiger partial charge in [-0.2, -0.15) is 0 Å². The first-order valence-electron chi connectivity index (χ1n) is 10.2. The molecule has 4 nitrogen and oxygen atoms in total. The molecule has 152 valence electrons. The van der Waals surface area contributed by atoms with E-state index in [0.717, 1.165) is 25.1 Å². The quantitative estimate of drug-likeness (QED) is 0.765. The molecule has 0 bridgehead atoms. The van der Waals surface area contributed by atoms with Gasteiger partial charge in [0, 0.05) is 18.3 Å². The highest BCUT2D eigenvalue weighted by atomic mass is 35.5. The molecule has 2 aliphatic heterocycles. The van der Waals surface area contributed by atoms with Crippen molar-refractivity contribution in [1.82, 2.24) is 10.2 Å². The van der Waals surface area contributed by atoms with Gasteiger partial charge >= 0.3 is 0 Å². The molecule has 3 unspecified atom stereocenters. The molecule has 1 aromatic rings. The van der Waals surface area contributed by atoms with Gasteiger partial charge in [0.25, 0.3) is 0 Å². The van der Waals surface area contributed by atoms with E-state index in [9.17, 15) is 4.79 Å². The Bertz CT molecular complexity index is 576. The van der Waals surface area contributed by atoms with Crippen molar-refractivity contribution >= 4 is 36.4 Å². The summed E-state index contributed by atoms with van der Waals surface area (Å²) >= 11 is 0. The lowest BCUT2D eigenvalue weighted by Crippen LogP contribution is -2.39. The lowest BCUT2D eigenvalue weighted by molar-refractivity contribution is -0.117. The van der Waals surface area contributed by atoms with Gasteiger partial charge in [-0.1, -0.05) is 25.0 Å². The topological polar surface area (TPSA) is 44.4 Å². The van der Waals surface area contributed by atoms with Gasteiger partial charge in [0.2, 0.25) is 5.91 Å². The van der Waals surface area contributed by atoms with Crippen molar-refractivity contribution in [3.05, 3.63) is 29.8 Å². The molecule has 1 aliphatic carbocycles. The number of fused-ring (bicyclic) bond motifs is 1. The average molecular weight is 414 g/mol. The maximum Gasteiger partial charge on any atom is 0.241 e. The summed E-state index contributed by atoms with van der Waals surface area (Å²) in [5.74, 6) is 0.844. The van der Waals surface area contributed by atoms with E-state index in [1.807, 2.05) is 0 Å². The lowest BCUT2D eigenvalue weighted by atomic mass is 9.85. The first-order chi connectivity index (χ1) is 12.3. The second-order valence-corrected chi connectivity index (χ2v) is 8.09. The van der Waals surface area contributed by atoms with E-state index in [2.05, 4.69) is 39.8 Å². The Balaban J connectivity index is 0.00000131. The second kappa shape index (κ2) is 10.7. The summed E-state index contributed by atoms with van der Waals surface area (Å²) < 4.78 is 0. The van der Waals surface area contributed by atoms with E-state index < -0.39 is 0 Å². The fourth-order valence-electron chi connectivity index (χ4n) is 4.80. The number of carbonyl (C=O) groups excluding carboxylic acids is 1. The molecule has 1 aromatic carbocycles. The zero-order valence-electron chi connectivity index (χ0n) is 16.0. The van der Waals surface area contributed by atoms with Crippen LogP contribution in [0.2, 0.25) is 0 Å². The van der Waals surface area contributed by atoms with Crippen LogP contribution in [0.25, 0.3) is 0 Å². The minimum Gasteiger partial charge on any atom is -0.325 e. The molecule has 0 radical (unpaired) electrons. The Morgan fingerprint density at radius 3 is 2.44 bits per heavy atom. The van der Waals surface area contributed by atoms with Crippen LogP contribution in [-0.2, 0) is 11.2 Å². The van der Waals surface area contributed by atoms with Crippen molar-refractivity contribution in [3.63, 3.8) is 0 Å². The molecule has 2 saturated heterocycles.